The molecule has 0 fully saturated rings. The maximum atomic E-state index is 5.85. The first kappa shape index (κ1) is 19.3. The van der Waals surface area contributed by atoms with Crippen molar-refractivity contribution < 1.29 is 28.4 Å². The molecule has 0 saturated carbocycles. The van der Waals surface area contributed by atoms with Gasteiger partial charge in [-0.1, -0.05) is 24.3 Å². The summed E-state index contributed by atoms with van der Waals surface area (Å²) in [6.07, 6.45) is -0.0737. The Balaban J connectivity index is 1.60. The zero-order valence-electron chi connectivity index (χ0n) is 15.6. The summed E-state index contributed by atoms with van der Waals surface area (Å²) in [5.74, 6) is 2.79. The second-order valence-corrected chi connectivity index (χ2v) is 6.04. The third-order valence-electron chi connectivity index (χ3n) is 3.89. The molecule has 6 heteroatoms. The predicted molar refractivity (Wildman–Crippen MR) is 101 cm³/mol. The largest absolute Gasteiger partial charge is 0.487 e. The Labute approximate surface area is 159 Å². The van der Waals surface area contributed by atoms with Crippen LogP contribution >= 0.6 is 0 Å². The third kappa shape index (κ3) is 6.34. The molecule has 6 nitrogen and oxygen atoms in total. The van der Waals surface area contributed by atoms with Crippen molar-refractivity contribution in [1.82, 2.24) is 0 Å². The van der Waals surface area contributed by atoms with Crippen LogP contribution in [0.25, 0.3) is 0 Å². The van der Waals surface area contributed by atoms with Gasteiger partial charge in [-0.25, -0.2) is 0 Å². The number of fused-ring (bicyclic) bond motifs is 2. The standard InChI is InChI=1S/C21H26O6/c1-17-16-27-21-9-5-4-8-20(21)25-13-11-22-10-12-24-18-6-2-3-7-19(18)26-15-14-23-17/h2-9,17H,10-16H2,1H3/t17-/m0/s1. The van der Waals surface area contributed by atoms with E-state index < -0.39 is 0 Å². The van der Waals surface area contributed by atoms with Crippen molar-refractivity contribution in [2.45, 2.75) is 13.0 Å². The maximum Gasteiger partial charge on any atom is 0.161 e. The van der Waals surface area contributed by atoms with Crippen molar-refractivity contribution in [3.8, 4) is 23.0 Å². The fraction of sp³-hybridized carbons (Fsp3) is 0.429. The van der Waals surface area contributed by atoms with Crippen LogP contribution in [0.2, 0.25) is 0 Å². The lowest BCUT2D eigenvalue weighted by Crippen LogP contribution is -2.21. The number of ether oxygens (including phenoxy) is 6. The van der Waals surface area contributed by atoms with Crippen molar-refractivity contribution in [2.75, 3.05) is 46.2 Å². The maximum absolute atomic E-state index is 5.85. The van der Waals surface area contributed by atoms with Gasteiger partial charge in [0.25, 0.3) is 0 Å². The number of hydrogen-bond acceptors (Lipinski definition) is 6. The average Bonchev–Trinajstić information content (AvgIpc) is 2.70. The molecular formula is C21H26O6. The van der Waals surface area contributed by atoms with Gasteiger partial charge in [0.15, 0.2) is 23.0 Å². The number of rotatable bonds is 0. The van der Waals surface area contributed by atoms with E-state index in [0.717, 1.165) is 0 Å². The average molecular weight is 374 g/mol. The van der Waals surface area contributed by atoms with E-state index in [0.29, 0.717) is 69.2 Å². The van der Waals surface area contributed by atoms with E-state index in [4.69, 9.17) is 28.4 Å². The van der Waals surface area contributed by atoms with Crippen LogP contribution in [0.5, 0.6) is 23.0 Å². The summed E-state index contributed by atoms with van der Waals surface area (Å²) in [5, 5.41) is 0. The summed E-state index contributed by atoms with van der Waals surface area (Å²) in [6, 6.07) is 15.2. The second kappa shape index (κ2) is 10.6. The fourth-order valence-electron chi connectivity index (χ4n) is 2.56. The van der Waals surface area contributed by atoms with E-state index in [1.165, 1.54) is 0 Å². The molecule has 0 N–H and O–H groups in total. The minimum absolute atomic E-state index is 0.0737. The van der Waals surface area contributed by atoms with E-state index in [2.05, 4.69) is 0 Å². The Bertz CT molecular complexity index is 690. The summed E-state index contributed by atoms with van der Waals surface area (Å²) >= 11 is 0. The van der Waals surface area contributed by atoms with Crippen LogP contribution in [0.3, 0.4) is 0 Å². The Hall–Kier alpha value is -2.44. The van der Waals surface area contributed by atoms with Crippen molar-refractivity contribution in [3.63, 3.8) is 0 Å². The van der Waals surface area contributed by atoms with Crippen molar-refractivity contribution in [1.29, 1.82) is 0 Å². The lowest BCUT2D eigenvalue weighted by molar-refractivity contribution is 0.0152. The molecule has 0 aliphatic carbocycles. The molecule has 1 aliphatic heterocycles. The molecular weight excluding hydrogens is 348 g/mol. The Morgan fingerprint density at radius 1 is 0.593 bits per heavy atom. The van der Waals surface area contributed by atoms with Gasteiger partial charge in [-0.15, -0.1) is 0 Å². The third-order valence-corrected chi connectivity index (χ3v) is 3.89. The quantitative estimate of drug-likeness (QED) is 0.705. The van der Waals surface area contributed by atoms with Gasteiger partial charge in [-0.3, -0.25) is 0 Å². The van der Waals surface area contributed by atoms with Crippen LogP contribution < -0.4 is 18.9 Å². The monoisotopic (exact) mass is 374 g/mol. The highest BCUT2D eigenvalue weighted by molar-refractivity contribution is 5.40. The lowest BCUT2D eigenvalue weighted by atomic mass is 10.3. The molecule has 0 saturated heterocycles. The zero-order valence-corrected chi connectivity index (χ0v) is 15.6. The molecule has 2 aromatic rings. The van der Waals surface area contributed by atoms with Crippen LogP contribution in [0.4, 0.5) is 0 Å². The van der Waals surface area contributed by atoms with Crippen LogP contribution in [0.15, 0.2) is 48.5 Å². The Morgan fingerprint density at radius 3 is 1.56 bits per heavy atom. The van der Waals surface area contributed by atoms with E-state index in [-0.39, 0.29) is 6.10 Å². The van der Waals surface area contributed by atoms with Crippen molar-refractivity contribution in [2.24, 2.45) is 0 Å². The molecule has 1 aliphatic rings. The molecule has 0 amide bonds. The summed E-state index contributed by atoms with van der Waals surface area (Å²) < 4.78 is 34.5. The molecule has 3 rings (SSSR count). The van der Waals surface area contributed by atoms with E-state index in [1.54, 1.807) is 0 Å². The first-order valence-corrected chi connectivity index (χ1v) is 9.21. The van der Waals surface area contributed by atoms with Gasteiger partial charge in [0.05, 0.1) is 25.9 Å². The number of para-hydroxylation sites is 4. The van der Waals surface area contributed by atoms with Crippen LogP contribution in [0.1, 0.15) is 6.92 Å². The van der Waals surface area contributed by atoms with Crippen LogP contribution in [0, 0.1) is 0 Å². The molecule has 0 bridgehead atoms. The molecule has 1 heterocycles. The van der Waals surface area contributed by atoms with Gasteiger partial charge < -0.3 is 28.4 Å². The predicted octanol–water partition coefficient (Wildman–Crippen LogP) is 3.34. The summed E-state index contributed by atoms with van der Waals surface area (Å²) in [7, 11) is 0. The molecule has 1 atom stereocenters. The van der Waals surface area contributed by atoms with Crippen molar-refractivity contribution in [3.05, 3.63) is 48.5 Å². The molecule has 0 unspecified atom stereocenters. The highest BCUT2D eigenvalue weighted by Gasteiger charge is 2.09. The Morgan fingerprint density at radius 2 is 1.04 bits per heavy atom. The van der Waals surface area contributed by atoms with Crippen molar-refractivity contribution >= 4 is 0 Å². The summed E-state index contributed by atoms with van der Waals surface area (Å²) in [4.78, 5) is 0. The second-order valence-electron chi connectivity index (χ2n) is 6.04. The smallest absolute Gasteiger partial charge is 0.161 e. The fourth-order valence-corrected chi connectivity index (χ4v) is 2.56. The number of benzene rings is 2. The molecule has 2 aromatic carbocycles. The first-order valence-electron chi connectivity index (χ1n) is 9.21. The van der Waals surface area contributed by atoms with Gasteiger partial charge in [0.1, 0.15) is 26.4 Å². The topological polar surface area (TPSA) is 55.4 Å². The number of hydrogen-bond donors (Lipinski definition) is 0. The summed E-state index contributed by atoms with van der Waals surface area (Å²) in [6.45, 7) is 5.09. The minimum atomic E-state index is -0.0737. The highest BCUT2D eigenvalue weighted by Crippen LogP contribution is 2.27. The van der Waals surface area contributed by atoms with Crippen LogP contribution in [-0.4, -0.2) is 52.4 Å². The molecule has 0 spiro atoms. The molecule has 146 valence electrons. The molecule has 27 heavy (non-hydrogen) atoms. The molecule has 0 aromatic heterocycles. The molecule has 0 radical (unpaired) electrons. The van der Waals surface area contributed by atoms with Gasteiger partial charge >= 0.3 is 0 Å². The van der Waals surface area contributed by atoms with E-state index in [9.17, 15) is 0 Å². The normalized spacial score (nSPS) is 19.5. The van der Waals surface area contributed by atoms with Gasteiger partial charge in [-0.05, 0) is 31.2 Å². The minimum Gasteiger partial charge on any atom is -0.487 e. The first-order chi connectivity index (χ1) is 13.3. The van der Waals surface area contributed by atoms with E-state index >= 15 is 0 Å². The SMILES string of the molecule is C[C@H]1COc2ccccc2OCCOCCOc2ccccc2OCCO1. The van der Waals surface area contributed by atoms with E-state index in [1.807, 2.05) is 55.5 Å². The van der Waals surface area contributed by atoms with Gasteiger partial charge in [0.2, 0.25) is 0 Å². The zero-order chi connectivity index (χ0) is 18.7. The van der Waals surface area contributed by atoms with Crippen LogP contribution in [-0.2, 0) is 9.47 Å². The lowest BCUT2D eigenvalue weighted by Gasteiger charge is -2.18. The Kier molecular flexibility index (Phi) is 7.62. The van der Waals surface area contributed by atoms with Gasteiger partial charge in [0, 0.05) is 0 Å². The summed E-state index contributed by atoms with van der Waals surface area (Å²) in [5.41, 5.74) is 0. The highest BCUT2D eigenvalue weighted by atomic mass is 16.6. The van der Waals surface area contributed by atoms with Gasteiger partial charge in [-0.2, -0.15) is 0 Å².